The number of hydroxylamine groups is 1. The van der Waals surface area contributed by atoms with E-state index in [2.05, 4.69) is 15.8 Å². The van der Waals surface area contributed by atoms with Crippen molar-refractivity contribution in [2.24, 2.45) is 10.9 Å². The van der Waals surface area contributed by atoms with Crippen molar-refractivity contribution in [3.05, 3.63) is 35.9 Å². The molecule has 6 nitrogen and oxygen atoms in total. The Balaban J connectivity index is 1.60. The molecule has 1 heterocycles. The zero-order valence-corrected chi connectivity index (χ0v) is 13.5. The van der Waals surface area contributed by atoms with Crippen LogP contribution in [0, 0.1) is 5.92 Å². The van der Waals surface area contributed by atoms with Crippen molar-refractivity contribution in [2.45, 2.75) is 51.4 Å². The average molecular weight is 317 g/mol. The predicted molar refractivity (Wildman–Crippen MR) is 86.6 cm³/mol. The fourth-order valence-electron chi connectivity index (χ4n) is 2.79. The zero-order valence-electron chi connectivity index (χ0n) is 13.5. The molecule has 1 aromatic carbocycles. The number of nitrogens with zero attached hydrogens (tertiary/aromatic N) is 1. The Morgan fingerprint density at radius 1 is 1.43 bits per heavy atom. The van der Waals surface area contributed by atoms with Crippen LogP contribution in [0.2, 0.25) is 0 Å². The van der Waals surface area contributed by atoms with Gasteiger partial charge in [-0.2, -0.15) is 0 Å². The van der Waals surface area contributed by atoms with Crippen molar-refractivity contribution < 1.29 is 14.4 Å². The number of hydrogen-bond donors (Lipinski definition) is 2. The van der Waals surface area contributed by atoms with Crippen LogP contribution in [0.5, 0.6) is 0 Å². The summed E-state index contributed by atoms with van der Waals surface area (Å²) in [4.78, 5) is 21.9. The number of ether oxygens (including phenoxy) is 1. The largest absolute Gasteiger partial charge is 0.445 e. The van der Waals surface area contributed by atoms with Gasteiger partial charge in [0.25, 0.3) is 0 Å². The molecule has 1 amide bonds. The number of amides is 1. The Kier molecular flexibility index (Phi) is 4.52. The van der Waals surface area contributed by atoms with E-state index in [9.17, 15) is 4.79 Å². The average Bonchev–Trinajstić information content (AvgIpc) is 3.22. The van der Waals surface area contributed by atoms with Gasteiger partial charge in [-0.1, -0.05) is 43.2 Å². The summed E-state index contributed by atoms with van der Waals surface area (Å²) in [5.41, 5.74) is 3.31. The molecular weight excluding hydrogens is 294 g/mol. The van der Waals surface area contributed by atoms with Gasteiger partial charge in [-0.25, -0.2) is 9.79 Å². The van der Waals surface area contributed by atoms with Gasteiger partial charge >= 0.3 is 6.09 Å². The monoisotopic (exact) mass is 317 g/mol. The van der Waals surface area contributed by atoms with E-state index in [0.717, 1.165) is 12.0 Å². The van der Waals surface area contributed by atoms with Crippen LogP contribution in [0.1, 0.15) is 38.7 Å². The third-order valence-electron chi connectivity index (χ3n) is 4.24. The number of benzene rings is 1. The summed E-state index contributed by atoms with van der Waals surface area (Å²) in [6.07, 6.45) is 2.52. The minimum Gasteiger partial charge on any atom is -0.445 e. The van der Waals surface area contributed by atoms with Crippen LogP contribution in [-0.4, -0.2) is 23.7 Å². The molecular formula is C17H23N3O3. The van der Waals surface area contributed by atoms with Crippen LogP contribution >= 0.6 is 0 Å². The number of carbonyl (C=O) groups excluding carboxylic acids is 1. The molecule has 1 aliphatic carbocycles. The summed E-state index contributed by atoms with van der Waals surface area (Å²) in [6, 6.07) is 9.63. The lowest BCUT2D eigenvalue weighted by Gasteiger charge is -2.33. The first kappa shape index (κ1) is 15.8. The SMILES string of the molecule is CC1=NC([C@@](C)(CC2CC2)NC(=O)OCc2ccccc2)NO1. The molecule has 0 saturated heterocycles. The van der Waals surface area contributed by atoms with Crippen molar-refractivity contribution in [1.29, 1.82) is 0 Å². The molecule has 124 valence electrons. The smallest absolute Gasteiger partial charge is 0.408 e. The lowest BCUT2D eigenvalue weighted by atomic mass is 9.91. The zero-order chi connectivity index (χ0) is 16.3. The number of carbonyl (C=O) groups is 1. The van der Waals surface area contributed by atoms with Gasteiger partial charge in [0, 0.05) is 6.92 Å². The summed E-state index contributed by atoms with van der Waals surface area (Å²) in [7, 11) is 0. The molecule has 0 aromatic heterocycles. The Labute approximate surface area is 136 Å². The van der Waals surface area contributed by atoms with Crippen LogP contribution in [0.15, 0.2) is 35.3 Å². The van der Waals surface area contributed by atoms with E-state index in [4.69, 9.17) is 9.57 Å². The quantitative estimate of drug-likeness (QED) is 0.846. The first-order valence-corrected chi connectivity index (χ1v) is 8.01. The lowest BCUT2D eigenvalue weighted by molar-refractivity contribution is 0.0936. The second-order valence-corrected chi connectivity index (χ2v) is 6.52. The summed E-state index contributed by atoms with van der Waals surface area (Å²) >= 11 is 0. The van der Waals surface area contributed by atoms with E-state index < -0.39 is 11.6 Å². The number of aliphatic imine (C=N–C) groups is 1. The summed E-state index contributed by atoms with van der Waals surface area (Å²) in [6.45, 7) is 4.03. The molecule has 23 heavy (non-hydrogen) atoms. The Hall–Kier alpha value is -2.08. The second-order valence-electron chi connectivity index (χ2n) is 6.52. The highest BCUT2D eigenvalue weighted by molar-refractivity contribution is 5.74. The molecule has 3 rings (SSSR count). The van der Waals surface area contributed by atoms with Crippen LogP contribution in [0.25, 0.3) is 0 Å². The standard InChI is InChI=1S/C17H23N3O3/c1-12-18-15(20-23-12)17(2,10-13-8-9-13)19-16(21)22-11-14-6-4-3-5-7-14/h3-7,13,15,20H,8-11H2,1-2H3,(H,19,21)/t15?,17-/m1/s1. The third-order valence-corrected chi connectivity index (χ3v) is 4.24. The topological polar surface area (TPSA) is 72.0 Å². The van der Waals surface area contributed by atoms with E-state index in [0.29, 0.717) is 11.8 Å². The number of hydrogen-bond acceptors (Lipinski definition) is 5. The number of rotatable bonds is 6. The second kappa shape index (κ2) is 6.58. The first-order chi connectivity index (χ1) is 11.0. The molecule has 2 N–H and O–H groups in total. The highest BCUT2D eigenvalue weighted by atomic mass is 16.7. The Morgan fingerprint density at radius 2 is 2.17 bits per heavy atom. The van der Waals surface area contributed by atoms with Crippen molar-refractivity contribution in [2.75, 3.05) is 0 Å². The van der Waals surface area contributed by atoms with Gasteiger partial charge in [0.1, 0.15) is 6.61 Å². The molecule has 1 fully saturated rings. The minimum absolute atomic E-state index is 0.253. The van der Waals surface area contributed by atoms with Gasteiger partial charge in [0.05, 0.1) is 5.54 Å². The third kappa shape index (κ3) is 4.22. The summed E-state index contributed by atoms with van der Waals surface area (Å²) in [5, 5.41) is 2.99. The minimum atomic E-state index is -0.535. The lowest BCUT2D eigenvalue weighted by Crippen LogP contribution is -2.57. The Morgan fingerprint density at radius 3 is 2.78 bits per heavy atom. The molecule has 0 bridgehead atoms. The summed E-state index contributed by atoms with van der Waals surface area (Å²) in [5.74, 6) is 1.21. The van der Waals surface area contributed by atoms with E-state index in [1.165, 1.54) is 12.8 Å². The van der Waals surface area contributed by atoms with Gasteiger partial charge in [-0.3, -0.25) is 0 Å². The fraction of sp³-hybridized carbons (Fsp3) is 0.529. The van der Waals surface area contributed by atoms with Crippen molar-refractivity contribution in [3.8, 4) is 0 Å². The molecule has 1 unspecified atom stereocenters. The van der Waals surface area contributed by atoms with Crippen molar-refractivity contribution in [1.82, 2.24) is 10.8 Å². The molecule has 2 aliphatic rings. The molecule has 2 atom stereocenters. The number of alkyl carbamates (subject to hydrolysis) is 1. The van der Waals surface area contributed by atoms with Gasteiger partial charge in [0.2, 0.25) is 5.90 Å². The van der Waals surface area contributed by atoms with E-state index in [1.54, 1.807) is 6.92 Å². The normalized spacial score (nSPS) is 22.7. The van der Waals surface area contributed by atoms with Crippen molar-refractivity contribution in [3.63, 3.8) is 0 Å². The maximum atomic E-state index is 12.2. The maximum absolute atomic E-state index is 12.2. The molecule has 6 heteroatoms. The molecule has 0 radical (unpaired) electrons. The van der Waals surface area contributed by atoms with Crippen LogP contribution in [0.4, 0.5) is 4.79 Å². The highest BCUT2D eigenvalue weighted by Gasteiger charge is 2.43. The predicted octanol–water partition coefficient (Wildman–Crippen LogP) is 2.75. The maximum Gasteiger partial charge on any atom is 0.408 e. The van der Waals surface area contributed by atoms with Crippen molar-refractivity contribution >= 4 is 12.0 Å². The Bertz CT molecular complexity index is 586. The molecule has 1 saturated carbocycles. The highest BCUT2D eigenvalue weighted by Crippen LogP contribution is 2.38. The van der Waals surface area contributed by atoms with Gasteiger partial charge in [-0.15, -0.1) is 5.48 Å². The van der Waals surface area contributed by atoms with Gasteiger partial charge in [0.15, 0.2) is 6.17 Å². The van der Waals surface area contributed by atoms with E-state index in [1.807, 2.05) is 37.3 Å². The fourth-order valence-corrected chi connectivity index (χ4v) is 2.79. The summed E-state index contributed by atoms with van der Waals surface area (Å²) < 4.78 is 5.35. The molecule has 0 spiro atoms. The van der Waals surface area contributed by atoms with Crippen LogP contribution in [0.3, 0.4) is 0 Å². The van der Waals surface area contributed by atoms with Crippen LogP contribution in [-0.2, 0) is 16.2 Å². The van der Waals surface area contributed by atoms with E-state index in [-0.39, 0.29) is 12.8 Å². The van der Waals surface area contributed by atoms with Gasteiger partial charge in [-0.05, 0) is 24.8 Å². The van der Waals surface area contributed by atoms with Crippen LogP contribution < -0.4 is 10.8 Å². The van der Waals surface area contributed by atoms with E-state index >= 15 is 0 Å². The molecule has 1 aliphatic heterocycles. The molecule has 1 aromatic rings. The van der Waals surface area contributed by atoms with Gasteiger partial charge < -0.3 is 14.9 Å². The first-order valence-electron chi connectivity index (χ1n) is 8.01. The number of nitrogens with one attached hydrogen (secondary N) is 2.